The number of carbonyl (C=O) groups is 3. The minimum absolute atomic E-state index is 0.0166. The van der Waals surface area contributed by atoms with Crippen molar-refractivity contribution in [1.29, 1.82) is 0 Å². The zero-order chi connectivity index (χ0) is 25.9. The van der Waals surface area contributed by atoms with Crippen molar-refractivity contribution in [2.75, 3.05) is 38.8 Å². The van der Waals surface area contributed by atoms with Crippen molar-refractivity contribution >= 4 is 23.5 Å². The first-order valence-corrected chi connectivity index (χ1v) is 11.0. The van der Waals surface area contributed by atoms with Crippen LogP contribution in [0.1, 0.15) is 15.9 Å². The van der Waals surface area contributed by atoms with E-state index in [1.54, 1.807) is 24.3 Å². The van der Waals surface area contributed by atoms with Crippen LogP contribution in [0.3, 0.4) is 0 Å². The Hall–Kier alpha value is -4.73. The molecule has 0 fully saturated rings. The van der Waals surface area contributed by atoms with Gasteiger partial charge in [0, 0.05) is 31.4 Å². The second-order valence-corrected chi connectivity index (χ2v) is 7.71. The summed E-state index contributed by atoms with van der Waals surface area (Å²) >= 11 is 0. The smallest absolute Gasteiger partial charge is 0.426 e. The minimum atomic E-state index is -0.862. The van der Waals surface area contributed by atoms with Gasteiger partial charge in [0.1, 0.15) is 30.5 Å². The summed E-state index contributed by atoms with van der Waals surface area (Å²) in [6, 6.07) is 20.1. The Morgan fingerprint density at radius 3 is 2.22 bits per heavy atom. The van der Waals surface area contributed by atoms with Gasteiger partial charge in [-0.05, 0) is 48.5 Å². The van der Waals surface area contributed by atoms with E-state index in [1.165, 1.54) is 18.2 Å². The molecule has 0 aliphatic heterocycles. The summed E-state index contributed by atoms with van der Waals surface area (Å²) in [6.45, 7) is -0.314. The van der Waals surface area contributed by atoms with Gasteiger partial charge in [0.2, 0.25) is 0 Å². The number of hydrazine groups is 1. The number of rotatable bonds is 10. The highest BCUT2D eigenvalue weighted by Gasteiger charge is 2.15. The molecule has 36 heavy (non-hydrogen) atoms. The van der Waals surface area contributed by atoms with E-state index < -0.39 is 18.6 Å². The number of anilines is 1. The van der Waals surface area contributed by atoms with E-state index in [1.807, 2.05) is 49.3 Å². The molecule has 0 aliphatic carbocycles. The summed E-state index contributed by atoms with van der Waals surface area (Å²) in [5, 5.41) is 10.3. The van der Waals surface area contributed by atoms with E-state index in [2.05, 4.69) is 10.9 Å². The molecule has 3 rings (SSSR count). The maximum atomic E-state index is 12.7. The van der Waals surface area contributed by atoms with Gasteiger partial charge < -0.3 is 24.2 Å². The van der Waals surface area contributed by atoms with Crippen LogP contribution in [0.25, 0.3) is 0 Å². The maximum absolute atomic E-state index is 12.7. The standard InChI is InChI=1S/C26H27N3O7/c1-29(2)19-10-8-18(9-11-19)25(32)22-13-12-21(16-23(22)30)36-17-24(31)27-28-26(33)35-15-14-34-20-6-4-3-5-7-20/h3-13,16,30H,14-15,17H2,1-2H3,(H,27,31)(H,28,33). The molecule has 0 aromatic heterocycles. The first kappa shape index (κ1) is 25.9. The van der Waals surface area contributed by atoms with Gasteiger partial charge in [-0.2, -0.15) is 0 Å². The third-order valence-corrected chi connectivity index (χ3v) is 4.86. The van der Waals surface area contributed by atoms with E-state index in [-0.39, 0.29) is 36.1 Å². The molecule has 0 heterocycles. The zero-order valence-corrected chi connectivity index (χ0v) is 19.9. The van der Waals surface area contributed by atoms with Crippen LogP contribution in [-0.4, -0.2) is 56.8 Å². The van der Waals surface area contributed by atoms with Crippen molar-refractivity contribution in [3.8, 4) is 17.2 Å². The molecule has 0 spiro atoms. The van der Waals surface area contributed by atoms with Crippen LogP contribution in [-0.2, 0) is 9.53 Å². The van der Waals surface area contributed by atoms with Crippen LogP contribution in [0.15, 0.2) is 72.8 Å². The molecule has 3 N–H and O–H groups in total. The number of aromatic hydroxyl groups is 1. The van der Waals surface area contributed by atoms with Gasteiger partial charge in [-0.1, -0.05) is 18.2 Å². The molecule has 0 saturated heterocycles. The van der Waals surface area contributed by atoms with Crippen molar-refractivity contribution in [2.45, 2.75) is 0 Å². The fourth-order valence-corrected chi connectivity index (χ4v) is 3.01. The second kappa shape index (κ2) is 12.7. The molecule has 0 aliphatic rings. The molecule has 10 heteroatoms. The molecule has 188 valence electrons. The average molecular weight is 494 g/mol. The van der Waals surface area contributed by atoms with Crippen molar-refractivity contribution in [3.05, 3.63) is 83.9 Å². The molecule has 3 aromatic rings. The third kappa shape index (κ3) is 7.66. The van der Waals surface area contributed by atoms with E-state index in [0.29, 0.717) is 11.3 Å². The van der Waals surface area contributed by atoms with E-state index in [0.717, 1.165) is 5.69 Å². The Balaban J connectivity index is 1.39. The highest BCUT2D eigenvalue weighted by atomic mass is 16.6. The van der Waals surface area contributed by atoms with Crippen LogP contribution in [0.4, 0.5) is 10.5 Å². The number of carbonyl (C=O) groups excluding carboxylic acids is 3. The quantitative estimate of drug-likeness (QED) is 0.224. The molecule has 0 atom stereocenters. The first-order valence-electron chi connectivity index (χ1n) is 11.0. The van der Waals surface area contributed by atoms with Gasteiger partial charge in [-0.3, -0.25) is 15.0 Å². The second-order valence-electron chi connectivity index (χ2n) is 7.71. The van der Waals surface area contributed by atoms with Crippen molar-refractivity contribution in [2.24, 2.45) is 0 Å². The lowest BCUT2D eigenvalue weighted by Gasteiger charge is -2.13. The number of nitrogens with zero attached hydrogens (tertiary/aromatic N) is 1. The number of amides is 2. The van der Waals surface area contributed by atoms with Gasteiger partial charge in [-0.25, -0.2) is 10.2 Å². The van der Waals surface area contributed by atoms with E-state index in [4.69, 9.17) is 14.2 Å². The number of benzene rings is 3. The highest BCUT2D eigenvalue weighted by Crippen LogP contribution is 2.26. The monoisotopic (exact) mass is 493 g/mol. The van der Waals surface area contributed by atoms with Crippen LogP contribution >= 0.6 is 0 Å². The van der Waals surface area contributed by atoms with Gasteiger partial charge in [0.25, 0.3) is 5.91 Å². The fraction of sp³-hybridized carbons (Fsp3) is 0.192. The molecule has 0 saturated carbocycles. The SMILES string of the molecule is CN(C)c1ccc(C(=O)c2ccc(OCC(=O)NNC(=O)OCCOc3ccccc3)cc2O)cc1. The predicted octanol–water partition coefficient (Wildman–Crippen LogP) is 2.90. The van der Waals surface area contributed by atoms with Gasteiger partial charge in [-0.15, -0.1) is 0 Å². The van der Waals surface area contributed by atoms with Crippen LogP contribution in [0.5, 0.6) is 17.2 Å². The Kier molecular flexibility index (Phi) is 9.10. The fourth-order valence-electron chi connectivity index (χ4n) is 3.01. The van der Waals surface area contributed by atoms with Gasteiger partial charge in [0.05, 0.1) is 5.56 Å². The molecule has 0 unspecified atom stereocenters. The van der Waals surface area contributed by atoms with Crippen molar-refractivity contribution in [3.63, 3.8) is 0 Å². The highest BCUT2D eigenvalue weighted by molar-refractivity contribution is 6.10. The molecular weight excluding hydrogens is 466 g/mol. The summed E-state index contributed by atoms with van der Waals surface area (Å²) in [4.78, 5) is 38.2. The Labute approximate surface area is 208 Å². The number of ether oxygens (including phenoxy) is 3. The molecule has 0 radical (unpaired) electrons. The summed E-state index contributed by atoms with van der Waals surface area (Å²) in [6.07, 6.45) is -0.862. The summed E-state index contributed by atoms with van der Waals surface area (Å²) in [7, 11) is 3.79. The number of hydrogen-bond donors (Lipinski definition) is 3. The van der Waals surface area contributed by atoms with Crippen molar-refractivity contribution in [1.82, 2.24) is 10.9 Å². The molecule has 2 amide bonds. The molecule has 3 aromatic carbocycles. The molecule has 0 bridgehead atoms. The summed E-state index contributed by atoms with van der Waals surface area (Å²) in [5.74, 6) is -0.474. The Morgan fingerprint density at radius 2 is 1.56 bits per heavy atom. The topological polar surface area (TPSA) is 126 Å². The number of ketones is 1. The number of phenols is 1. The average Bonchev–Trinajstić information content (AvgIpc) is 2.89. The van der Waals surface area contributed by atoms with E-state index >= 15 is 0 Å². The van der Waals surface area contributed by atoms with Gasteiger partial charge >= 0.3 is 6.09 Å². The van der Waals surface area contributed by atoms with Crippen LogP contribution in [0.2, 0.25) is 0 Å². The number of phenolic OH excluding ortho intramolecular Hbond substituents is 1. The largest absolute Gasteiger partial charge is 0.507 e. The molecule has 10 nitrogen and oxygen atoms in total. The zero-order valence-electron chi connectivity index (χ0n) is 19.9. The van der Waals surface area contributed by atoms with Crippen LogP contribution in [0, 0.1) is 0 Å². The Bertz CT molecular complexity index is 1180. The molecular formula is C26H27N3O7. The summed E-state index contributed by atoms with van der Waals surface area (Å²) < 4.78 is 15.6. The number of hydrogen-bond acceptors (Lipinski definition) is 8. The van der Waals surface area contributed by atoms with Gasteiger partial charge in [0.15, 0.2) is 12.4 Å². The lowest BCUT2D eigenvalue weighted by molar-refractivity contribution is -0.124. The first-order chi connectivity index (χ1) is 17.3. The predicted molar refractivity (Wildman–Crippen MR) is 132 cm³/mol. The van der Waals surface area contributed by atoms with Crippen LogP contribution < -0.4 is 25.2 Å². The van der Waals surface area contributed by atoms with E-state index in [9.17, 15) is 19.5 Å². The summed E-state index contributed by atoms with van der Waals surface area (Å²) in [5.41, 5.74) is 5.70. The minimum Gasteiger partial charge on any atom is -0.507 e. The maximum Gasteiger partial charge on any atom is 0.426 e. The lowest BCUT2D eigenvalue weighted by atomic mass is 10.0. The third-order valence-electron chi connectivity index (χ3n) is 4.86. The van der Waals surface area contributed by atoms with Crippen molar-refractivity contribution < 1.29 is 33.7 Å². The number of nitrogens with one attached hydrogen (secondary N) is 2. The normalized spacial score (nSPS) is 10.2. The number of para-hydroxylation sites is 1. The lowest BCUT2D eigenvalue weighted by Crippen LogP contribution is -2.44. The Morgan fingerprint density at radius 1 is 0.833 bits per heavy atom.